The molecule has 0 aliphatic carbocycles. The molecule has 0 aliphatic rings. The van der Waals surface area contributed by atoms with E-state index in [0.29, 0.717) is 0 Å². The topological polar surface area (TPSA) is 16.6 Å². The van der Waals surface area contributed by atoms with Crippen LogP contribution in [0.25, 0.3) is 0 Å². The lowest BCUT2D eigenvalue weighted by Crippen LogP contribution is -2.79. The van der Waals surface area contributed by atoms with Crippen LogP contribution in [0.15, 0.2) is 121 Å². The summed E-state index contributed by atoms with van der Waals surface area (Å²) in [5.74, 6) is 0. The Morgan fingerprint density at radius 3 is 0.844 bits per heavy atom. The Morgan fingerprint density at radius 1 is 0.356 bits per heavy atom. The van der Waals surface area contributed by atoms with Crippen LogP contribution in [0.3, 0.4) is 0 Å². The minimum Gasteiger partial charge on any atom is -0.349 e. The van der Waals surface area contributed by atoms with Crippen LogP contribution in [0.2, 0.25) is 0 Å². The summed E-state index contributed by atoms with van der Waals surface area (Å²) in [6.07, 6.45) is 22.2. The van der Waals surface area contributed by atoms with E-state index in [0.717, 1.165) is 0 Å². The number of hydrogen-bond donors (Lipinski definition) is 1. The van der Waals surface area contributed by atoms with Crippen molar-refractivity contribution in [3.63, 3.8) is 0 Å². The van der Waals surface area contributed by atoms with Crippen LogP contribution >= 0.6 is 0 Å². The Kier molecular flexibility index (Phi) is 18.8. The van der Waals surface area contributed by atoms with E-state index in [4.69, 9.17) is 0 Å². The second kappa shape index (κ2) is 23.3. The molecule has 0 saturated heterocycles. The molecular weight excluding hydrogens is 541 g/mol. The molecule has 0 aromatic heterocycles. The zero-order chi connectivity index (χ0) is 31.7. The summed E-state index contributed by atoms with van der Waals surface area (Å²) in [6, 6.07) is 43.5. The first kappa shape index (κ1) is 36.4. The van der Waals surface area contributed by atoms with E-state index in [1.807, 2.05) is 0 Å². The van der Waals surface area contributed by atoms with E-state index >= 15 is 0 Å². The van der Waals surface area contributed by atoms with Crippen LogP contribution in [0.1, 0.15) is 110 Å². The van der Waals surface area contributed by atoms with Gasteiger partial charge in [0.2, 0.25) is 0 Å². The van der Waals surface area contributed by atoms with Gasteiger partial charge in [0.15, 0.2) is 0 Å². The molecule has 0 heterocycles. The molecule has 242 valence electrons. The third kappa shape index (κ3) is 12.7. The molecule has 0 unspecified atom stereocenters. The average Bonchev–Trinajstić information content (AvgIpc) is 3.11. The van der Waals surface area contributed by atoms with E-state index in [-0.39, 0.29) is 0 Å². The molecule has 2 heteroatoms. The number of quaternary nitrogens is 1. The van der Waals surface area contributed by atoms with E-state index in [1.54, 1.807) is 0 Å². The first-order valence-electron chi connectivity index (χ1n) is 18.5. The molecule has 0 fully saturated rings. The monoisotopic (exact) mass is 603 g/mol. The lowest BCUT2D eigenvalue weighted by molar-refractivity contribution is -0.627. The van der Waals surface area contributed by atoms with Crippen LogP contribution in [0.4, 0.5) is 0 Å². The zero-order valence-corrected chi connectivity index (χ0v) is 28.7. The van der Waals surface area contributed by atoms with Crippen molar-refractivity contribution in [2.24, 2.45) is 0 Å². The molecule has 0 bridgehead atoms. The van der Waals surface area contributed by atoms with Gasteiger partial charge in [0.05, 0.1) is 13.6 Å². The van der Waals surface area contributed by atoms with Gasteiger partial charge < -0.3 is 5.32 Å². The van der Waals surface area contributed by atoms with Crippen molar-refractivity contribution >= 4 is 28.0 Å². The predicted molar refractivity (Wildman–Crippen MR) is 202 cm³/mol. The molecule has 45 heavy (non-hydrogen) atoms. The van der Waals surface area contributed by atoms with Crippen molar-refractivity contribution in [2.45, 2.75) is 110 Å². The number of unbranched alkanes of at least 4 members (excludes halogenated alkanes) is 15. The molecule has 1 nitrogen and oxygen atoms in total. The Labute approximate surface area is 277 Å². The van der Waals surface area contributed by atoms with Crippen LogP contribution < -0.4 is 27.2 Å². The molecule has 4 rings (SSSR count). The third-order valence-corrected chi connectivity index (χ3v) is 9.54. The maximum Gasteiger partial charge on any atom is 0.108 e. The molecule has 4 aromatic carbocycles. The Hall–Kier alpha value is -3.10. The first-order valence-corrected chi connectivity index (χ1v) is 18.5. The first-order chi connectivity index (χ1) is 22.3. The van der Waals surface area contributed by atoms with Crippen molar-refractivity contribution in [3.05, 3.63) is 121 Å². The molecular formula is C43H62BN. The molecule has 0 spiro atoms. The van der Waals surface area contributed by atoms with E-state index in [2.05, 4.69) is 141 Å². The van der Waals surface area contributed by atoms with E-state index in [9.17, 15) is 0 Å². The molecule has 0 amide bonds. The quantitative estimate of drug-likeness (QED) is 0.0727. The fraction of sp³-hybridized carbons (Fsp3) is 0.442. The van der Waals surface area contributed by atoms with Gasteiger partial charge in [0, 0.05) is 0 Å². The number of rotatable bonds is 21. The van der Waals surface area contributed by atoms with Gasteiger partial charge in [0.25, 0.3) is 0 Å². The molecule has 0 radical (unpaired) electrons. The summed E-state index contributed by atoms with van der Waals surface area (Å²) in [6.45, 7) is 3.61. The average molecular weight is 604 g/mol. The van der Waals surface area contributed by atoms with E-state index < -0.39 is 6.15 Å². The highest BCUT2D eigenvalue weighted by Gasteiger charge is 2.31. The number of nitrogens with two attached hydrogens (primary N) is 1. The minimum absolute atomic E-state index is 1.22. The van der Waals surface area contributed by atoms with Crippen LogP contribution in [-0.4, -0.2) is 19.7 Å². The van der Waals surface area contributed by atoms with Gasteiger partial charge in [-0.1, -0.05) is 218 Å². The second-order valence-corrected chi connectivity index (χ2v) is 13.0. The largest absolute Gasteiger partial charge is 0.349 e. The SMILES string of the molecule is CCCCCCCCCCCCCCCCCC[NH2+]C.c1ccc([B-](c2ccccc2)(c2ccccc2)c2ccccc2)cc1. The molecule has 2 N–H and O–H groups in total. The smallest absolute Gasteiger partial charge is 0.108 e. The van der Waals surface area contributed by atoms with Gasteiger partial charge >= 0.3 is 0 Å². The highest BCUT2D eigenvalue weighted by molar-refractivity contribution is 7.19. The van der Waals surface area contributed by atoms with Crippen molar-refractivity contribution in [2.75, 3.05) is 13.6 Å². The lowest BCUT2D eigenvalue weighted by atomic mass is 9.13. The third-order valence-electron chi connectivity index (χ3n) is 9.54. The summed E-state index contributed by atoms with van der Waals surface area (Å²) in [7, 11) is 2.17. The molecule has 0 aliphatic heterocycles. The van der Waals surface area contributed by atoms with Crippen molar-refractivity contribution < 1.29 is 5.32 Å². The Morgan fingerprint density at radius 2 is 0.600 bits per heavy atom. The van der Waals surface area contributed by atoms with Gasteiger partial charge in [-0.3, -0.25) is 0 Å². The second-order valence-electron chi connectivity index (χ2n) is 13.0. The predicted octanol–water partition coefficient (Wildman–Crippen LogP) is 8.51. The van der Waals surface area contributed by atoms with Crippen LogP contribution in [-0.2, 0) is 0 Å². The van der Waals surface area contributed by atoms with Gasteiger partial charge in [-0.15, -0.1) is 0 Å². The summed E-state index contributed by atoms with van der Waals surface area (Å²) in [5, 5.41) is 2.30. The lowest BCUT2D eigenvalue weighted by Gasteiger charge is -2.44. The standard InChI is InChI=1S/C24H20B.C19H41N/c1-5-13-21(14-6-1)25(22-15-7-2-8-16-22,23-17-9-3-10-18-23)24-19-11-4-12-20-24;1-3-4-5-6-7-8-9-10-11-12-13-14-15-16-17-18-19-20-2/h1-20H;20H,3-19H2,1-2H3/q-1;/p+1. The molecule has 0 atom stereocenters. The maximum absolute atomic E-state index is 2.30. The fourth-order valence-corrected chi connectivity index (χ4v) is 7.02. The van der Waals surface area contributed by atoms with Crippen molar-refractivity contribution in [1.29, 1.82) is 0 Å². The number of benzene rings is 4. The number of hydrogen-bond acceptors (Lipinski definition) is 0. The summed E-state index contributed by atoms with van der Waals surface area (Å²) in [4.78, 5) is 0. The highest BCUT2D eigenvalue weighted by Crippen LogP contribution is 2.14. The maximum atomic E-state index is 2.30. The summed E-state index contributed by atoms with van der Waals surface area (Å²) < 4.78 is 0. The zero-order valence-electron chi connectivity index (χ0n) is 28.7. The minimum atomic E-state index is -1.22. The normalized spacial score (nSPS) is 11.2. The van der Waals surface area contributed by atoms with Crippen molar-refractivity contribution in [3.8, 4) is 0 Å². The van der Waals surface area contributed by atoms with Gasteiger partial charge in [-0.05, 0) is 12.8 Å². The van der Waals surface area contributed by atoms with E-state index in [1.165, 1.54) is 131 Å². The van der Waals surface area contributed by atoms with Gasteiger partial charge in [-0.2, -0.15) is 21.9 Å². The van der Waals surface area contributed by atoms with Crippen molar-refractivity contribution in [1.82, 2.24) is 0 Å². The summed E-state index contributed by atoms with van der Waals surface area (Å²) in [5.41, 5.74) is 5.36. The van der Waals surface area contributed by atoms with Crippen LogP contribution in [0.5, 0.6) is 0 Å². The Bertz CT molecular complexity index is 1030. The Balaban J connectivity index is 0.000000254. The van der Waals surface area contributed by atoms with Gasteiger partial charge in [0.1, 0.15) is 6.15 Å². The molecule has 0 saturated carbocycles. The van der Waals surface area contributed by atoms with Crippen LogP contribution in [0, 0.1) is 0 Å². The summed E-state index contributed by atoms with van der Waals surface area (Å²) >= 11 is 0. The van der Waals surface area contributed by atoms with Gasteiger partial charge in [-0.25, -0.2) is 0 Å². The fourth-order valence-electron chi connectivity index (χ4n) is 7.02. The molecule has 4 aromatic rings. The highest BCUT2D eigenvalue weighted by atomic mass is 14.8.